The van der Waals surface area contributed by atoms with Gasteiger partial charge in [-0.2, -0.15) is 0 Å². The van der Waals surface area contributed by atoms with Crippen molar-refractivity contribution in [2.75, 3.05) is 20.2 Å². The van der Waals surface area contributed by atoms with Gasteiger partial charge in [0.2, 0.25) is 0 Å². The van der Waals surface area contributed by atoms with Gasteiger partial charge in [0.05, 0.1) is 13.7 Å². The number of methoxy groups -OCH3 is 1. The van der Waals surface area contributed by atoms with Crippen LogP contribution in [0.15, 0.2) is 77.9 Å². The van der Waals surface area contributed by atoms with Gasteiger partial charge in [0.25, 0.3) is 0 Å². The van der Waals surface area contributed by atoms with E-state index in [-0.39, 0.29) is 24.0 Å². The minimum absolute atomic E-state index is 0. The first-order chi connectivity index (χ1) is 15.3. The van der Waals surface area contributed by atoms with Gasteiger partial charge < -0.3 is 20.1 Å². The molecule has 0 unspecified atom stereocenters. The van der Waals surface area contributed by atoms with Crippen LogP contribution in [0.25, 0.3) is 0 Å². The van der Waals surface area contributed by atoms with Gasteiger partial charge in [-0.1, -0.05) is 42.5 Å². The fourth-order valence-electron chi connectivity index (χ4n) is 3.03. The zero-order chi connectivity index (χ0) is 21.7. The van der Waals surface area contributed by atoms with Crippen molar-refractivity contribution in [3.63, 3.8) is 0 Å². The van der Waals surface area contributed by atoms with Gasteiger partial charge in [0, 0.05) is 31.4 Å². The predicted octanol–water partition coefficient (Wildman–Crippen LogP) is 4.59. The van der Waals surface area contributed by atoms with Gasteiger partial charge >= 0.3 is 0 Å². The minimum atomic E-state index is 0. The molecule has 0 aliphatic rings. The summed E-state index contributed by atoms with van der Waals surface area (Å²) in [7, 11) is 1.65. The number of hydrogen-bond donors (Lipinski definition) is 2. The number of aliphatic imine (C=N–C) groups is 1. The molecule has 1 aromatic heterocycles. The molecule has 3 aromatic rings. The molecule has 1 heterocycles. The van der Waals surface area contributed by atoms with Crippen LogP contribution in [0.4, 0.5) is 0 Å². The van der Waals surface area contributed by atoms with Crippen LogP contribution in [0.1, 0.15) is 23.7 Å². The number of aromatic nitrogens is 1. The summed E-state index contributed by atoms with van der Waals surface area (Å²) in [6, 6.07) is 22.0. The average Bonchev–Trinajstić information content (AvgIpc) is 2.82. The molecule has 0 fully saturated rings. The van der Waals surface area contributed by atoms with Crippen molar-refractivity contribution >= 4 is 29.9 Å². The van der Waals surface area contributed by atoms with E-state index in [2.05, 4.69) is 22.5 Å². The summed E-state index contributed by atoms with van der Waals surface area (Å²) in [6.45, 7) is 4.65. The van der Waals surface area contributed by atoms with Gasteiger partial charge in [0.1, 0.15) is 6.61 Å². The van der Waals surface area contributed by atoms with Gasteiger partial charge in [-0.05, 0) is 42.3 Å². The van der Waals surface area contributed by atoms with E-state index in [1.165, 1.54) is 0 Å². The Labute approximate surface area is 207 Å². The van der Waals surface area contributed by atoms with Crippen LogP contribution >= 0.6 is 24.0 Å². The Kier molecular flexibility index (Phi) is 11.4. The predicted molar refractivity (Wildman–Crippen MR) is 140 cm³/mol. The molecule has 0 amide bonds. The number of nitrogens with zero attached hydrogens (tertiary/aromatic N) is 2. The van der Waals surface area contributed by atoms with E-state index in [4.69, 9.17) is 14.5 Å². The lowest BCUT2D eigenvalue weighted by Gasteiger charge is -2.13. The summed E-state index contributed by atoms with van der Waals surface area (Å²) in [5.74, 6) is 2.21. The van der Waals surface area contributed by atoms with Crippen LogP contribution in [-0.4, -0.2) is 31.1 Å². The maximum absolute atomic E-state index is 5.94. The summed E-state index contributed by atoms with van der Waals surface area (Å²) >= 11 is 0. The summed E-state index contributed by atoms with van der Waals surface area (Å²) < 4.78 is 11.5. The summed E-state index contributed by atoms with van der Waals surface area (Å²) in [5, 5.41) is 6.64. The maximum Gasteiger partial charge on any atom is 0.191 e. The van der Waals surface area contributed by atoms with Gasteiger partial charge in [-0.3, -0.25) is 4.98 Å². The monoisotopic (exact) mass is 546 g/mol. The van der Waals surface area contributed by atoms with E-state index in [1.54, 1.807) is 7.11 Å². The Morgan fingerprint density at radius 1 is 0.938 bits per heavy atom. The van der Waals surface area contributed by atoms with Crippen LogP contribution in [0.5, 0.6) is 11.5 Å². The van der Waals surface area contributed by atoms with E-state index in [0.717, 1.165) is 48.0 Å². The highest BCUT2D eigenvalue weighted by Crippen LogP contribution is 2.29. The van der Waals surface area contributed by atoms with Crippen molar-refractivity contribution < 1.29 is 9.47 Å². The quantitative estimate of drug-likeness (QED) is 0.221. The number of hydrogen-bond acceptors (Lipinski definition) is 4. The summed E-state index contributed by atoms with van der Waals surface area (Å²) in [6.07, 6.45) is 2.65. The van der Waals surface area contributed by atoms with Crippen LogP contribution in [0, 0.1) is 0 Å². The molecule has 0 saturated carbocycles. The van der Waals surface area contributed by atoms with Crippen LogP contribution < -0.4 is 20.1 Å². The molecule has 0 aliphatic carbocycles. The lowest BCUT2D eigenvalue weighted by molar-refractivity contribution is 0.284. The third-order valence-corrected chi connectivity index (χ3v) is 4.63. The van der Waals surface area contributed by atoms with E-state index in [1.807, 2.05) is 72.9 Å². The Bertz CT molecular complexity index is 953. The van der Waals surface area contributed by atoms with Crippen molar-refractivity contribution in [1.82, 2.24) is 15.6 Å². The second kappa shape index (κ2) is 14.3. The third kappa shape index (κ3) is 8.37. The molecule has 2 aromatic carbocycles. The summed E-state index contributed by atoms with van der Waals surface area (Å²) in [5.41, 5.74) is 3.22. The summed E-state index contributed by atoms with van der Waals surface area (Å²) in [4.78, 5) is 9.04. The highest BCUT2D eigenvalue weighted by atomic mass is 127. The first-order valence-electron chi connectivity index (χ1n) is 10.5. The SMILES string of the molecule is CCNC(=NCc1ccc(OCc2ccccc2)c(OC)c1)NCCc1ccccn1.I. The van der Waals surface area contributed by atoms with Crippen molar-refractivity contribution in [3.05, 3.63) is 89.7 Å². The molecule has 3 rings (SSSR count). The zero-order valence-corrected chi connectivity index (χ0v) is 20.9. The van der Waals surface area contributed by atoms with E-state index in [9.17, 15) is 0 Å². The minimum Gasteiger partial charge on any atom is -0.493 e. The smallest absolute Gasteiger partial charge is 0.191 e. The second-order valence-corrected chi connectivity index (χ2v) is 6.95. The van der Waals surface area contributed by atoms with Gasteiger partial charge in [-0.15, -0.1) is 24.0 Å². The standard InChI is InChI=1S/C25H30N4O2.HI/c1-3-26-25(28-16-14-22-11-7-8-15-27-22)29-18-21-12-13-23(24(17-21)30-2)31-19-20-9-5-4-6-10-20;/h4-13,15,17H,3,14,16,18-19H2,1-2H3,(H2,26,28,29);1H. The van der Waals surface area contributed by atoms with Crippen LogP contribution in [0.2, 0.25) is 0 Å². The van der Waals surface area contributed by atoms with Gasteiger partial charge in [0.15, 0.2) is 17.5 Å². The number of nitrogens with one attached hydrogen (secondary N) is 2. The Balaban J connectivity index is 0.00000363. The number of halogens is 1. The molecule has 7 heteroatoms. The lowest BCUT2D eigenvalue weighted by Crippen LogP contribution is -2.38. The third-order valence-electron chi connectivity index (χ3n) is 4.63. The van der Waals surface area contributed by atoms with Crippen molar-refractivity contribution in [1.29, 1.82) is 0 Å². The molecule has 2 N–H and O–H groups in total. The second-order valence-electron chi connectivity index (χ2n) is 6.95. The zero-order valence-electron chi connectivity index (χ0n) is 18.6. The molecule has 0 bridgehead atoms. The molecule has 0 saturated heterocycles. The van der Waals surface area contributed by atoms with Crippen molar-refractivity contribution in [2.45, 2.75) is 26.5 Å². The van der Waals surface area contributed by atoms with Gasteiger partial charge in [-0.25, -0.2) is 4.99 Å². The Morgan fingerprint density at radius 3 is 2.47 bits per heavy atom. The normalized spacial score (nSPS) is 10.8. The fourth-order valence-corrected chi connectivity index (χ4v) is 3.03. The number of benzene rings is 2. The first kappa shape index (κ1) is 25.5. The number of guanidine groups is 1. The van der Waals surface area contributed by atoms with E-state index in [0.29, 0.717) is 18.9 Å². The molecule has 32 heavy (non-hydrogen) atoms. The molecular formula is C25H31IN4O2. The van der Waals surface area contributed by atoms with E-state index >= 15 is 0 Å². The molecular weight excluding hydrogens is 515 g/mol. The van der Waals surface area contributed by atoms with Crippen LogP contribution in [0.3, 0.4) is 0 Å². The van der Waals surface area contributed by atoms with E-state index < -0.39 is 0 Å². The number of rotatable bonds is 10. The number of ether oxygens (including phenoxy) is 2. The molecule has 0 aliphatic heterocycles. The molecule has 170 valence electrons. The topological polar surface area (TPSA) is 67.8 Å². The molecule has 6 nitrogen and oxygen atoms in total. The largest absolute Gasteiger partial charge is 0.493 e. The lowest BCUT2D eigenvalue weighted by atomic mass is 10.2. The molecule has 0 radical (unpaired) electrons. The fraction of sp³-hybridized carbons (Fsp3) is 0.280. The maximum atomic E-state index is 5.94. The average molecular weight is 546 g/mol. The van der Waals surface area contributed by atoms with Crippen molar-refractivity contribution in [2.24, 2.45) is 4.99 Å². The van der Waals surface area contributed by atoms with Crippen molar-refractivity contribution in [3.8, 4) is 11.5 Å². The van der Waals surface area contributed by atoms with Crippen LogP contribution in [-0.2, 0) is 19.6 Å². The highest BCUT2D eigenvalue weighted by molar-refractivity contribution is 14.0. The molecule has 0 spiro atoms. The Morgan fingerprint density at radius 2 is 1.75 bits per heavy atom. The first-order valence-corrected chi connectivity index (χ1v) is 10.5. The molecule has 0 atom stereocenters. The number of pyridine rings is 1. The Hall–Kier alpha value is -2.81. The highest BCUT2D eigenvalue weighted by Gasteiger charge is 2.07.